The Kier molecular flexibility index (Phi) is 4.06. The summed E-state index contributed by atoms with van der Waals surface area (Å²) in [6, 6.07) is 9.84. The molecular weight excluding hydrogens is 284 g/mol. The summed E-state index contributed by atoms with van der Waals surface area (Å²) >= 11 is 3.09. The van der Waals surface area contributed by atoms with E-state index in [1.807, 2.05) is 30.3 Å². The molecule has 5 heteroatoms. The van der Waals surface area contributed by atoms with Gasteiger partial charge in [0, 0.05) is 6.20 Å². The van der Waals surface area contributed by atoms with E-state index in [9.17, 15) is 4.79 Å². The topological polar surface area (TPSA) is 55.0 Å². The number of ether oxygens (including phenoxy) is 1. The minimum absolute atomic E-state index is 0.196. The molecule has 1 aromatic heterocycles. The van der Waals surface area contributed by atoms with Crippen LogP contribution < -0.4 is 5.56 Å². The van der Waals surface area contributed by atoms with E-state index in [1.165, 1.54) is 6.20 Å². The van der Waals surface area contributed by atoms with Crippen LogP contribution in [0.15, 0.2) is 45.8 Å². The van der Waals surface area contributed by atoms with Gasteiger partial charge < -0.3 is 9.72 Å². The van der Waals surface area contributed by atoms with Crippen molar-refractivity contribution in [2.45, 2.75) is 13.2 Å². The summed E-state index contributed by atoms with van der Waals surface area (Å²) < 4.78 is 5.87. The maximum absolute atomic E-state index is 11.3. The molecule has 0 aliphatic rings. The molecule has 0 amide bonds. The Balaban J connectivity index is 1.90. The van der Waals surface area contributed by atoms with Gasteiger partial charge in [0.25, 0.3) is 5.56 Å². The zero-order valence-corrected chi connectivity index (χ0v) is 10.6. The fraction of sp³-hybridized carbons (Fsp3) is 0.167. The van der Waals surface area contributed by atoms with Crippen LogP contribution in [0.3, 0.4) is 0 Å². The van der Waals surface area contributed by atoms with Crippen LogP contribution in [-0.2, 0) is 18.0 Å². The number of hydrogen-bond donors (Lipinski definition) is 1. The van der Waals surface area contributed by atoms with Gasteiger partial charge in [-0.15, -0.1) is 0 Å². The van der Waals surface area contributed by atoms with E-state index in [-0.39, 0.29) is 12.2 Å². The molecule has 4 nitrogen and oxygen atoms in total. The number of aromatic amines is 1. The highest BCUT2D eigenvalue weighted by Crippen LogP contribution is 2.03. The molecule has 1 aromatic carbocycles. The quantitative estimate of drug-likeness (QED) is 0.941. The third kappa shape index (κ3) is 3.51. The van der Waals surface area contributed by atoms with Gasteiger partial charge in [-0.25, -0.2) is 4.98 Å². The van der Waals surface area contributed by atoms with Gasteiger partial charge in [0.15, 0.2) is 0 Å². The minimum atomic E-state index is -0.196. The van der Waals surface area contributed by atoms with E-state index in [0.29, 0.717) is 16.9 Å². The van der Waals surface area contributed by atoms with Crippen LogP contribution >= 0.6 is 15.9 Å². The number of hydrogen-bond acceptors (Lipinski definition) is 3. The smallest absolute Gasteiger partial charge is 0.265 e. The van der Waals surface area contributed by atoms with E-state index >= 15 is 0 Å². The molecule has 0 bridgehead atoms. The molecule has 88 valence electrons. The Morgan fingerprint density at radius 1 is 1.24 bits per heavy atom. The van der Waals surface area contributed by atoms with Crippen LogP contribution in [0, 0.1) is 0 Å². The first kappa shape index (κ1) is 12.0. The number of benzene rings is 1. The van der Waals surface area contributed by atoms with E-state index < -0.39 is 0 Å². The zero-order chi connectivity index (χ0) is 12.1. The molecule has 0 atom stereocenters. The van der Waals surface area contributed by atoms with Crippen LogP contribution in [-0.4, -0.2) is 9.97 Å². The molecule has 1 heterocycles. The SMILES string of the molecule is O=c1[nH]c(COCc2ccccc2)ncc1Br. The van der Waals surface area contributed by atoms with Gasteiger partial charge in [-0.05, 0) is 21.5 Å². The molecule has 0 saturated carbocycles. The third-order valence-electron chi connectivity index (χ3n) is 2.16. The highest BCUT2D eigenvalue weighted by Gasteiger charge is 2.00. The average molecular weight is 295 g/mol. The molecule has 0 aliphatic heterocycles. The van der Waals surface area contributed by atoms with Gasteiger partial charge in [-0.1, -0.05) is 30.3 Å². The molecule has 0 aliphatic carbocycles. The van der Waals surface area contributed by atoms with Crippen LogP contribution in [0.4, 0.5) is 0 Å². The summed E-state index contributed by atoms with van der Waals surface area (Å²) in [4.78, 5) is 17.9. The number of halogens is 1. The number of nitrogens with one attached hydrogen (secondary N) is 1. The van der Waals surface area contributed by atoms with Crippen molar-refractivity contribution in [2.75, 3.05) is 0 Å². The van der Waals surface area contributed by atoms with E-state index in [4.69, 9.17) is 4.74 Å². The average Bonchev–Trinajstić information content (AvgIpc) is 2.35. The van der Waals surface area contributed by atoms with Crippen molar-refractivity contribution in [3.8, 4) is 0 Å². The van der Waals surface area contributed by atoms with E-state index in [1.54, 1.807) is 0 Å². The van der Waals surface area contributed by atoms with Gasteiger partial charge in [-0.3, -0.25) is 4.79 Å². The van der Waals surface area contributed by atoms with Gasteiger partial charge in [0.05, 0.1) is 6.61 Å². The number of nitrogens with zero attached hydrogens (tertiary/aromatic N) is 1. The second-order valence-corrected chi connectivity index (χ2v) is 4.34. The number of rotatable bonds is 4. The Morgan fingerprint density at radius 3 is 2.71 bits per heavy atom. The van der Waals surface area contributed by atoms with Crippen molar-refractivity contribution in [1.82, 2.24) is 9.97 Å². The normalized spacial score (nSPS) is 10.4. The lowest BCUT2D eigenvalue weighted by Crippen LogP contribution is -2.12. The fourth-order valence-corrected chi connectivity index (χ4v) is 1.53. The molecule has 17 heavy (non-hydrogen) atoms. The second kappa shape index (κ2) is 5.75. The summed E-state index contributed by atoms with van der Waals surface area (Å²) in [6.07, 6.45) is 1.47. The minimum Gasteiger partial charge on any atom is -0.369 e. The van der Waals surface area contributed by atoms with Crippen molar-refractivity contribution in [1.29, 1.82) is 0 Å². The van der Waals surface area contributed by atoms with Crippen LogP contribution in [0.5, 0.6) is 0 Å². The molecule has 0 radical (unpaired) electrons. The first-order chi connectivity index (χ1) is 8.25. The first-order valence-electron chi connectivity index (χ1n) is 5.11. The Bertz CT molecular complexity index is 540. The standard InChI is InChI=1S/C12H11BrN2O2/c13-10-6-14-11(15-12(10)16)8-17-7-9-4-2-1-3-5-9/h1-6H,7-8H2,(H,14,15,16). The molecule has 2 rings (SSSR count). The van der Waals surface area contributed by atoms with Crippen molar-refractivity contribution in [3.63, 3.8) is 0 Å². The van der Waals surface area contributed by atoms with Crippen molar-refractivity contribution in [2.24, 2.45) is 0 Å². The van der Waals surface area contributed by atoms with Crippen molar-refractivity contribution in [3.05, 3.63) is 62.7 Å². The van der Waals surface area contributed by atoms with E-state index in [0.717, 1.165) is 5.56 Å². The van der Waals surface area contributed by atoms with Gasteiger partial charge in [0.1, 0.15) is 16.9 Å². The summed E-state index contributed by atoms with van der Waals surface area (Å²) in [5.74, 6) is 0.522. The Morgan fingerprint density at radius 2 is 2.00 bits per heavy atom. The Hall–Kier alpha value is -1.46. The lowest BCUT2D eigenvalue weighted by molar-refractivity contribution is 0.101. The summed E-state index contributed by atoms with van der Waals surface area (Å²) in [5, 5.41) is 0. The maximum atomic E-state index is 11.3. The lowest BCUT2D eigenvalue weighted by atomic mass is 10.2. The predicted octanol–water partition coefficient (Wildman–Crippen LogP) is 2.25. The van der Waals surface area contributed by atoms with Crippen LogP contribution in [0.25, 0.3) is 0 Å². The van der Waals surface area contributed by atoms with Crippen molar-refractivity contribution < 1.29 is 4.74 Å². The fourth-order valence-electron chi connectivity index (χ4n) is 1.33. The van der Waals surface area contributed by atoms with Gasteiger partial charge in [-0.2, -0.15) is 0 Å². The highest BCUT2D eigenvalue weighted by molar-refractivity contribution is 9.10. The lowest BCUT2D eigenvalue weighted by Gasteiger charge is -2.03. The number of aromatic nitrogens is 2. The van der Waals surface area contributed by atoms with Crippen LogP contribution in [0.2, 0.25) is 0 Å². The predicted molar refractivity (Wildman–Crippen MR) is 67.5 cm³/mol. The van der Waals surface area contributed by atoms with Crippen LogP contribution in [0.1, 0.15) is 11.4 Å². The maximum Gasteiger partial charge on any atom is 0.265 e. The highest BCUT2D eigenvalue weighted by atomic mass is 79.9. The largest absolute Gasteiger partial charge is 0.369 e. The monoisotopic (exact) mass is 294 g/mol. The molecule has 0 saturated heterocycles. The van der Waals surface area contributed by atoms with Crippen molar-refractivity contribution >= 4 is 15.9 Å². The first-order valence-corrected chi connectivity index (χ1v) is 5.90. The molecule has 2 aromatic rings. The molecule has 0 unspecified atom stereocenters. The van der Waals surface area contributed by atoms with E-state index in [2.05, 4.69) is 25.9 Å². The van der Waals surface area contributed by atoms with Gasteiger partial charge >= 0.3 is 0 Å². The summed E-state index contributed by atoms with van der Waals surface area (Å²) in [7, 11) is 0. The summed E-state index contributed by atoms with van der Waals surface area (Å²) in [5.41, 5.74) is 0.894. The summed E-state index contributed by atoms with van der Waals surface area (Å²) in [6.45, 7) is 0.790. The third-order valence-corrected chi connectivity index (χ3v) is 2.72. The zero-order valence-electron chi connectivity index (χ0n) is 9.02. The molecular formula is C12H11BrN2O2. The van der Waals surface area contributed by atoms with Gasteiger partial charge in [0.2, 0.25) is 0 Å². The Labute approximate surface area is 107 Å². The number of H-pyrrole nitrogens is 1. The molecule has 1 N–H and O–H groups in total. The molecule has 0 spiro atoms. The second-order valence-electron chi connectivity index (χ2n) is 3.49. The molecule has 0 fully saturated rings.